The molecule has 0 aliphatic heterocycles. The molecule has 0 bridgehead atoms. The monoisotopic (exact) mass is 227 g/mol. The lowest BCUT2D eigenvalue weighted by atomic mass is 10.0. The molecule has 86 valence electrons. The quantitative estimate of drug-likeness (QED) is 0.533. The number of pyridine rings is 1. The summed E-state index contributed by atoms with van der Waals surface area (Å²) in [5.74, 6) is -3.06. The molecule has 0 aliphatic rings. The molecular weight excluding hydrogens is 218 g/mol. The fraction of sp³-hybridized carbons (Fsp3) is 0.222. The van der Waals surface area contributed by atoms with Gasteiger partial charge in [-0.2, -0.15) is 0 Å². The van der Waals surface area contributed by atoms with Gasteiger partial charge < -0.3 is 20.4 Å². The average Bonchev–Trinajstić information content (AvgIpc) is 2.26. The van der Waals surface area contributed by atoms with Gasteiger partial charge in [0.2, 0.25) is 0 Å². The molecule has 0 spiro atoms. The highest BCUT2D eigenvalue weighted by molar-refractivity contribution is 5.87. The predicted molar refractivity (Wildman–Crippen MR) is 49.8 cm³/mol. The summed E-state index contributed by atoms with van der Waals surface area (Å²) >= 11 is 0. The Kier molecular flexibility index (Phi) is 3.54. The van der Waals surface area contributed by atoms with Crippen molar-refractivity contribution in [1.82, 2.24) is 4.98 Å². The van der Waals surface area contributed by atoms with Crippen LogP contribution in [0.2, 0.25) is 0 Å². The molecule has 0 amide bonds. The molecule has 1 aromatic heterocycles. The van der Waals surface area contributed by atoms with Crippen molar-refractivity contribution in [3.8, 4) is 0 Å². The summed E-state index contributed by atoms with van der Waals surface area (Å²) in [6, 6.07) is 2.52. The van der Waals surface area contributed by atoms with E-state index in [2.05, 4.69) is 4.98 Å². The van der Waals surface area contributed by atoms with E-state index in [1.165, 1.54) is 18.3 Å². The van der Waals surface area contributed by atoms with Crippen LogP contribution in [0.3, 0.4) is 0 Å². The van der Waals surface area contributed by atoms with E-state index < -0.39 is 29.8 Å². The number of nitrogens with zero attached hydrogens (tertiary/aromatic N) is 1. The van der Waals surface area contributed by atoms with E-state index in [0.29, 0.717) is 0 Å². The Labute approximate surface area is 89.6 Å². The molecule has 0 saturated carbocycles. The summed E-state index contributed by atoms with van der Waals surface area (Å²) < 4.78 is 0. The van der Waals surface area contributed by atoms with E-state index in [4.69, 9.17) is 15.3 Å². The number of aromatic carboxylic acids is 1. The third-order valence-electron chi connectivity index (χ3n) is 1.91. The lowest BCUT2D eigenvalue weighted by Crippen LogP contribution is -2.28. The van der Waals surface area contributed by atoms with Crippen LogP contribution < -0.4 is 0 Å². The molecule has 1 aromatic rings. The van der Waals surface area contributed by atoms with Crippen LogP contribution in [0.5, 0.6) is 0 Å². The van der Waals surface area contributed by atoms with Gasteiger partial charge in [-0.05, 0) is 6.07 Å². The minimum absolute atomic E-state index is 0.245. The maximum absolute atomic E-state index is 10.7. The Balaban J connectivity index is 3.12. The lowest BCUT2D eigenvalue weighted by Gasteiger charge is -2.15. The fourth-order valence-electron chi connectivity index (χ4n) is 1.14. The summed E-state index contributed by atoms with van der Waals surface area (Å²) in [5, 5.41) is 35.7. The van der Waals surface area contributed by atoms with Crippen LogP contribution in [0.25, 0.3) is 0 Å². The van der Waals surface area contributed by atoms with Crippen molar-refractivity contribution in [2.24, 2.45) is 0 Å². The summed E-state index contributed by atoms with van der Waals surface area (Å²) in [6.45, 7) is 0. The molecule has 16 heavy (non-hydrogen) atoms. The topological polar surface area (TPSA) is 128 Å². The maximum Gasteiger partial charge on any atom is 0.354 e. The number of carboxylic acids is 2. The highest BCUT2D eigenvalue weighted by Crippen LogP contribution is 2.19. The first kappa shape index (κ1) is 12.1. The van der Waals surface area contributed by atoms with Crippen LogP contribution in [-0.4, -0.2) is 43.5 Å². The van der Waals surface area contributed by atoms with E-state index >= 15 is 0 Å². The van der Waals surface area contributed by atoms with Crippen LogP contribution in [-0.2, 0) is 4.79 Å². The molecule has 1 heterocycles. The van der Waals surface area contributed by atoms with Crippen LogP contribution in [0.15, 0.2) is 18.3 Å². The van der Waals surface area contributed by atoms with Gasteiger partial charge in [0, 0.05) is 11.8 Å². The second-order valence-corrected chi connectivity index (χ2v) is 2.97. The van der Waals surface area contributed by atoms with E-state index in [-0.39, 0.29) is 5.56 Å². The van der Waals surface area contributed by atoms with E-state index in [0.717, 1.165) is 0 Å². The molecule has 0 radical (unpaired) electrons. The van der Waals surface area contributed by atoms with E-state index in [1.807, 2.05) is 0 Å². The molecule has 0 saturated heterocycles. The predicted octanol–water partition coefficient (Wildman–Crippen LogP) is -0.741. The standard InChI is InChI=1S/C9H9NO6/c11-6(7(12)9(15)16)4-2-1-3-10-5(4)8(13)14/h1-3,6-7,11-12H,(H,13,14)(H,15,16). The number of aliphatic carboxylic acids is 1. The van der Waals surface area contributed by atoms with Crippen molar-refractivity contribution in [3.05, 3.63) is 29.6 Å². The minimum atomic E-state index is -2.10. The summed E-state index contributed by atoms with van der Waals surface area (Å²) in [4.78, 5) is 24.6. The number of aliphatic hydroxyl groups is 2. The largest absolute Gasteiger partial charge is 0.479 e. The minimum Gasteiger partial charge on any atom is -0.479 e. The zero-order chi connectivity index (χ0) is 12.3. The van der Waals surface area contributed by atoms with Gasteiger partial charge in [0.05, 0.1) is 0 Å². The molecule has 2 unspecified atom stereocenters. The Morgan fingerprint density at radius 2 is 1.88 bits per heavy atom. The Morgan fingerprint density at radius 3 is 2.38 bits per heavy atom. The van der Waals surface area contributed by atoms with Crippen LogP contribution in [0, 0.1) is 0 Å². The highest BCUT2D eigenvalue weighted by atomic mass is 16.4. The van der Waals surface area contributed by atoms with Crippen molar-refractivity contribution in [1.29, 1.82) is 0 Å². The van der Waals surface area contributed by atoms with Gasteiger partial charge in [0.25, 0.3) is 0 Å². The van der Waals surface area contributed by atoms with Gasteiger partial charge >= 0.3 is 11.9 Å². The van der Waals surface area contributed by atoms with Crippen molar-refractivity contribution in [3.63, 3.8) is 0 Å². The second kappa shape index (κ2) is 4.69. The van der Waals surface area contributed by atoms with Crippen molar-refractivity contribution >= 4 is 11.9 Å². The normalized spacial score (nSPS) is 14.1. The highest BCUT2D eigenvalue weighted by Gasteiger charge is 2.29. The van der Waals surface area contributed by atoms with Gasteiger partial charge in [-0.1, -0.05) is 6.07 Å². The molecule has 1 rings (SSSR count). The number of hydrogen-bond acceptors (Lipinski definition) is 5. The third kappa shape index (κ3) is 2.33. The Hall–Kier alpha value is -1.99. The molecular formula is C9H9NO6. The van der Waals surface area contributed by atoms with Gasteiger partial charge in [0.1, 0.15) is 6.10 Å². The SMILES string of the molecule is O=C(O)c1ncccc1C(O)C(O)C(=O)O. The number of aromatic nitrogens is 1. The zero-order valence-electron chi connectivity index (χ0n) is 7.94. The molecule has 0 fully saturated rings. The van der Waals surface area contributed by atoms with Gasteiger partial charge in [-0.3, -0.25) is 0 Å². The Bertz CT molecular complexity index is 418. The Morgan fingerprint density at radius 1 is 1.25 bits per heavy atom. The molecule has 0 aromatic carbocycles. The van der Waals surface area contributed by atoms with Crippen molar-refractivity contribution in [2.45, 2.75) is 12.2 Å². The third-order valence-corrected chi connectivity index (χ3v) is 1.91. The van der Waals surface area contributed by atoms with Gasteiger partial charge in [0.15, 0.2) is 11.8 Å². The van der Waals surface area contributed by atoms with Crippen LogP contribution in [0.1, 0.15) is 22.2 Å². The second-order valence-electron chi connectivity index (χ2n) is 2.97. The van der Waals surface area contributed by atoms with E-state index in [9.17, 15) is 14.7 Å². The summed E-state index contributed by atoms with van der Waals surface area (Å²) in [6.07, 6.45) is -2.74. The lowest BCUT2D eigenvalue weighted by molar-refractivity contribution is -0.153. The first-order valence-corrected chi connectivity index (χ1v) is 4.22. The van der Waals surface area contributed by atoms with Gasteiger partial charge in [-0.25, -0.2) is 14.6 Å². The number of hydrogen-bond donors (Lipinski definition) is 4. The van der Waals surface area contributed by atoms with Crippen molar-refractivity contribution < 1.29 is 30.0 Å². The molecule has 7 heteroatoms. The van der Waals surface area contributed by atoms with Gasteiger partial charge in [-0.15, -0.1) is 0 Å². The molecule has 0 aliphatic carbocycles. The molecule has 7 nitrogen and oxygen atoms in total. The van der Waals surface area contributed by atoms with E-state index in [1.54, 1.807) is 0 Å². The average molecular weight is 227 g/mol. The van der Waals surface area contributed by atoms with Crippen molar-refractivity contribution in [2.75, 3.05) is 0 Å². The van der Waals surface area contributed by atoms with Crippen LogP contribution in [0.4, 0.5) is 0 Å². The number of carbonyl (C=O) groups is 2. The molecule has 2 atom stereocenters. The molecule has 4 N–H and O–H groups in total. The van der Waals surface area contributed by atoms with Crippen LogP contribution >= 0.6 is 0 Å². The summed E-state index contributed by atoms with van der Waals surface area (Å²) in [7, 11) is 0. The smallest absolute Gasteiger partial charge is 0.354 e. The number of aliphatic hydroxyl groups excluding tert-OH is 2. The summed E-state index contributed by atoms with van der Waals surface area (Å²) in [5.41, 5.74) is -0.736. The number of rotatable bonds is 4. The fourth-order valence-corrected chi connectivity index (χ4v) is 1.14. The first-order chi connectivity index (χ1) is 7.45. The maximum atomic E-state index is 10.7. The number of carboxylic acid groups (broad SMARTS) is 2. The zero-order valence-corrected chi connectivity index (χ0v) is 7.94. The first-order valence-electron chi connectivity index (χ1n) is 4.22.